The zero-order valence-electron chi connectivity index (χ0n) is 6.25. The Morgan fingerprint density at radius 1 is 1.80 bits per heavy atom. The highest BCUT2D eigenvalue weighted by atomic mass is 32.2. The van der Waals surface area contributed by atoms with Gasteiger partial charge in [-0.25, -0.2) is 4.21 Å². The number of allylic oxidation sites excluding steroid dienone is 1. The van der Waals surface area contributed by atoms with Gasteiger partial charge < -0.3 is 4.55 Å². The van der Waals surface area contributed by atoms with Crippen molar-refractivity contribution in [1.82, 2.24) is 0 Å². The third-order valence-electron chi connectivity index (χ3n) is 1.35. The highest BCUT2D eigenvalue weighted by Gasteiger charge is 2.00. The molecule has 0 aliphatic rings. The van der Waals surface area contributed by atoms with E-state index in [1.165, 1.54) is 0 Å². The summed E-state index contributed by atoms with van der Waals surface area (Å²) in [6, 6.07) is 0. The van der Waals surface area contributed by atoms with Crippen molar-refractivity contribution in [3.63, 3.8) is 0 Å². The molecule has 0 heterocycles. The van der Waals surface area contributed by atoms with Gasteiger partial charge in [0, 0.05) is 5.75 Å². The summed E-state index contributed by atoms with van der Waals surface area (Å²) in [6.07, 6.45) is 3.57. The largest absolute Gasteiger partial charge is 0.306 e. The average molecular weight is 162 g/mol. The summed E-state index contributed by atoms with van der Waals surface area (Å²) in [5.74, 6) is 0.864. The molecular formula is C7H14O2S. The zero-order chi connectivity index (χ0) is 7.98. The molecule has 0 aromatic carbocycles. The van der Waals surface area contributed by atoms with Crippen molar-refractivity contribution in [2.24, 2.45) is 5.92 Å². The Labute approximate surface area is 64.6 Å². The van der Waals surface area contributed by atoms with Gasteiger partial charge >= 0.3 is 0 Å². The lowest BCUT2D eigenvalue weighted by molar-refractivity contribution is 0.534. The van der Waals surface area contributed by atoms with Gasteiger partial charge in [0.2, 0.25) is 0 Å². The molecule has 2 atom stereocenters. The summed E-state index contributed by atoms with van der Waals surface area (Å²) in [5, 5.41) is 0. The minimum atomic E-state index is -1.62. The van der Waals surface area contributed by atoms with Gasteiger partial charge in [0.25, 0.3) is 0 Å². The molecule has 0 saturated carbocycles. The molecule has 10 heavy (non-hydrogen) atoms. The van der Waals surface area contributed by atoms with Gasteiger partial charge in [-0.2, -0.15) is 0 Å². The predicted molar refractivity (Wildman–Crippen MR) is 44.2 cm³/mol. The lowest BCUT2D eigenvalue weighted by Gasteiger charge is -2.04. The lowest BCUT2D eigenvalue weighted by Crippen LogP contribution is -2.01. The normalized spacial score (nSPS) is 16.2. The van der Waals surface area contributed by atoms with Crippen molar-refractivity contribution in [2.45, 2.75) is 19.8 Å². The molecule has 3 heteroatoms. The van der Waals surface area contributed by atoms with Crippen molar-refractivity contribution in [2.75, 3.05) is 5.75 Å². The Morgan fingerprint density at radius 3 is 2.80 bits per heavy atom. The van der Waals surface area contributed by atoms with Crippen LogP contribution in [0.5, 0.6) is 0 Å². The van der Waals surface area contributed by atoms with Crippen molar-refractivity contribution in [3.8, 4) is 0 Å². The molecule has 0 fully saturated rings. The second-order valence-corrected chi connectivity index (χ2v) is 3.50. The summed E-state index contributed by atoms with van der Waals surface area (Å²) in [7, 11) is 0. The second-order valence-electron chi connectivity index (χ2n) is 2.44. The van der Waals surface area contributed by atoms with Crippen LogP contribution in [0.25, 0.3) is 0 Å². The third-order valence-corrected chi connectivity index (χ3v) is 1.94. The molecule has 0 saturated heterocycles. The average Bonchev–Trinajstić information content (AvgIpc) is 1.85. The van der Waals surface area contributed by atoms with Crippen molar-refractivity contribution >= 4 is 11.1 Å². The van der Waals surface area contributed by atoms with Gasteiger partial charge in [-0.1, -0.05) is 13.0 Å². The first-order valence-corrected chi connectivity index (χ1v) is 4.62. The molecule has 0 aliphatic carbocycles. The molecule has 0 aromatic heterocycles. The van der Waals surface area contributed by atoms with E-state index in [0.717, 1.165) is 12.8 Å². The van der Waals surface area contributed by atoms with Crippen LogP contribution in [0, 0.1) is 5.92 Å². The van der Waals surface area contributed by atoms with Crippen molar-refractivity contribution in [1.29, 1.82) is 0 Å². The van der Waals surface area contributed by atoms with Crippen LogP contribution < -0.4 is 0 Å². The molecule has 1 N–H and O–H groups in total. The summed E-state index contributed by atoms with van der Waals surface area (Å²) in [6.45, 7) is 5.64. The number of hydrogen-bond acceptors (Lipinski definition) is 1. The number of hydrogen-bond donors (Lipinski definition) is 1. The summed E-state index contributed by atoms with van der Waals surface area (Å²) >= 11 is -1.62. The molecule has 0 radical (unpaired) electrons. The highest BCUT2D eigenvalue weighted by molar-refractivity contribution is 7.79. The first kappa shape index (κ1) is 9.85. The van der Waals surface area contributed by atoms with Crippen LogP contribution in [-0.4, -0.2) is 14.5 Å². The maximum atomic E-state index is 10.2. The quantitative estimate of drug-likeness (QED) is 0.494. The van der Waals surface area contributed by atoms with E-state index in [4.69, 9.17) is 4.55 Å². The van der Waals surface area contributed by atoms with E-state index in [2.05, 4.69) is 13.5 Å². The standard InChI is InChI=1S/C7H14O2S/c1-3-4-7(2)5-6-10(8)9/h3,7H,1,4-6H2,2H3,(H,8,9)/t7-/m1/s1. The lowest BCUT2D eigenvalue weighted by atomic mass is 10.1. The van der Waals surface area contributed by atoms with Gasteiger partial charge in [0.15, 0.2) is 11.1 Å². The fraction of sp³-hybridized carbons (Fsp3) is 0.714. The zero-order valence-corrected chi connectivity index (χ0v) is 7.06. The van der Waals surface area contributed by atoms with Crippen molar-refractivity contribution < 1.29 is 8.76 Å². The van der Waals surface area contributed by atoms with Crippen LogP contribution in [0.2, 0.25) is 0 Å². The van der Waals surface area contributed by atoms with E-state index in [1.807, 2.05) is 6.08 Å². The molecule has 2 nitrogen and oxygen atoms in total. The molecule has 0 aromatic rings. The van der Waals surface area contributed by atoms with Crippen molar-refractivity contribution in [3.05, 3.63) is 12.7 Å². The minimum absolute atomic E-state index is 0.384. The summed E-state index contributed by atoms with van der Waals surface area (Å²) in [4.78, 5) is 0. The van der Waals surface area contributed by atoms with E-state index in [-0.39, 0.29) is 0 Å². The second kappa shape index (κ2) is 5.62. The summed E-state index contributed by atoms with van der Waals surface area (Å²) in [5.41, 5.74) is 0. The molecule has 0 spiro atoms. The molecular weight excluding hydrogens is 148 g/mol. The third kappa shape index (κ3) is 5.98. The molecule has 0 amide bonds. The molecule has 0 aliphatic heterocycles. The Kier molecular flexibility index (Phi) is 5.54. The van der Waals surface area contributed by atoms with Crippen LogP contribution >= 0.6 is 0 Å². The van der Waals surface area contributed by atoms with Crippen LogP contribution in [0.3, 0.4) is 0 Å². The predicted octanol–water partition coefficient (Wildman–Crippen LogP) is 1.81. The van der Waals surface area contributed by atoms with Crippen LogP contribution in [-0.2, 0) is 11.1 Å². The van der Waals surface area contributed by atoms with Gasteiger partial charge in [-0.05, 0) is 18.8 Å². The smallest absolute Gasteiger partial charge is 0.152 e. The fourth-order valence-corrected chi connectivity index (χ4v) is 1.31. The Bertz CT molecular complexity index is 123. The SMILES string of the molecule is C=CC[C@@H](C)CCS(=O)O. The maximum absolute atomic E-state index is 10.2. The van der Waals surface area contributed by atoms with Crippen LogP contribution in [0.15, 0.2) is 12.7 Å². The molecule has 1 unspecified atom stereocenters. The fourth-order valence-electron chi connectivity index (χ4n) is 0.704. The minimum Gasteiger partial charge on any atom is -0.306 e. The van der Waals surface area contributed by atoms with E-state index in [9.17, 15) is 4.21 Å². The highest BCUT2D eigenvalue weighted by Crippen LogP contribution is 2.07. The van der Waals surface area contributed by atoms with E-state index in [0.29, 0.717) is 11.7 Å². The molecule has 60 valence electrons. The van der Waals surface area contributed by atoms with Gasteiger partial charge in [0.1, 0.15) is 0 Å². The van der Waals surface area contributed by atoms with Gasteiger partial charge in [-0.15, -0.1) is 6.58 Å². The first-order valence-electron chi connectivity index (χ1n) is 3.35. The van der Waals surface area contributed by atoms with E-state index in [1.54, 1.807) is 0 Å². The Hall–Kier alpha value is -0.150. The number of rotatable bonds is 5. The van der Waals surface area contributed by atoms with Gasteiger partial charge in [0.05, 0.1) is 0 Å². The first-order chi connectivity index (χ1) is 4.66. The Morgan fingerprint density at radius 2 is 2.40 bits per heavy atom. The van der Waals surface area contributed by atoms with E-state index < -0.39 is 11.1 Å². The topological polar surface area (TPSA) is 37.3 Å². The van der Waals surface area contributed by atoms with Crippen LogP contribution in [0.4, 0.5) is 0 Å². The summed E-state index contributed by atoms with van der Waals surface area (Å²) < 4.78 is 18.6. The van der Waals surface area contributed by atoms with E-state index >= 15 is 0 Å². The van der Waals surface area contributed by atoms with Gasteiger partial charge in [-0.3, -0.25) is 0 Å². The maximum Gasteiger partial charge on any atom is 0.152 e. The molecule has 0 rings (SSSR count). The Balaban J connectivity index is 3.29. The van der Waals surface area contributed by atoms with Crippen LogP contribution in [0.1, 0.15) is 19.8 Å². The molecule has 0 bridgehead atoms. The monoisotopic (exact) mass is 162 g/mol.